The Morgan fingerprint density at radius 3 is 2.56 bits per heavy atom. The number of fused-ring (bicyclic) bond motifs is 1. The Hall–Kier alpha value is -4.61. The van der Waals surface area contributed by atoms with Gasteiger partial charge in [0.25, 0.3) is 0 Å². The van der Waals surface area contributed by atoms with Gasteiger partial charge in [-0.2, -0.15) is 0 Å². The largest absolute Gasteiger partial charge is 0.478 e. The summed E-state index contributed by atoms with van der Waals surface area (Å²) in [6.45, 7) is 1.16. The Morgan fingerprint density at radius 1 is 1.16 bits per heavy atom. The van der Waals surface area contributed by atoms with Crippen LogP contribution in [0, 0.1) is 5.82 Å². The fourth-order valence-electron chi connectivity index (χ4n) is 4.94. The maximum absolute atomic E-state index is 15.1. The van der Waals surface area contributed by atoms with Crippen LogP contribution in [-0.2, 0) is 29.2 Å². The summed E-state index contributed by atoms with van der Waals surface area (Å²) >= 11 is 6.32. The minimum absolute atomic E-state index is 0.0286. The quantitative estimate of drug-likeness (QED) is 0.217. The van der Waals surface area contributed by atoms with Crippen LogP contribution in [0.3, 0.4) is 0 Å². The zero-order valence-electron chi connectivity index (χ0n) is 23.3. The summed E-state index contributed by atoms with van der Waals surface area (Å²) in [4.78, 5) is 55.6. The summed E-state index contributed by atoms with van der Waals surface area (Å²) in [6.07, 6.45) is 4.59. The van der Waals surface area contributed by atoms with Crippen molar-refractivity contribution in [3.63, 3.8) is 0 Å². The van der Waals surface area contributed by atoms with Gasteiger partial charge in [-0.15, -0.1) is 0 Å². The maximum Gasteiger partial charge on any atom is 0.335 e. The third kappa shape index (κ3) is 6.42. The van der Waals surface area contributed by atoms with Crippen LogP contribution in [0.5, 0.6) is 0 Å². The second-order valence-corrected chi connectivity index (χ2v) is 10.8. The van der Waals surface area contributed by atoms with Crippen molar-refractivity contribution >= 4 is 46.1 Å². The van der Waals surface area contributed by atoms with Gasteiger partial charge in [0, 0.05) is 64.7 Å². The molecule has 222 valence electrons. The molecule has 2 heterocycles. The summed E-state index contributed by atoms with van der Waals surface area (Å²) in [5.41, 5.74) is 8.41. The number of Topliss-reactive ketones (excluding diaryl/α,β-unsaturated/α-hetero) is 1. The number of halogens is 2. The Morgan fingerprint density at radius 2 is 1.93 bits per heavy atom. The zero-order chi connectivity index (χ0) is 30.8. The third-order valence-electron chi connectivity index (χ3n) is 7.42. The molecular formula is C31H29ClFN5O5. The van der Waals surface area contributed by atoms with Crippen LogP contribution >= 0.6 is 11.6 Å². The van der Waals surface area contributed by atoms with Gasteiger partial charge in [0.2, 0.25) is 11.8 Å². The van der Waals surface area contributed by atoms with Crippen LogP contribution in [0.2, 0.25) is 5.02 Å². The number of rotatable bonds is 11. The second-order valence-electron chi connectivity index (χ2n) is 10.4. The zero-order valence-corrected chi connectivity index (χ0v) is 24.0. The Kier molecular flexibility index (Phi) is 8.56. The van der Waals surface area contributed by atoms with Gasteiger partial charge in [0.05, 0.1) is 22.8 Å². The van der Waals surface area contributed by atoms with Gasteiger partial charge in [-0.05, 0) is 44.0 Å². The average Bonchev–Trinajstić information content (AvgIpc) is 3.77. The number of aromatic nitrogens is 2. The van der Waals surface area contributed by atoms with Crippen LogP contribution < -0.4 is 11.1 Å². The van der Waals surface area contributed by atoms with Crippen molar-refractivity contribution in [1.29, 1.82) is 0 Å². The predicted octanol–water partition coefficient (Wildman–Crippen LogP) is 4.16. The molecule has 4 aromatic rings. The minimum atomic E-state index is -1.13. The number of aromatic carboxylic acids is 1. The lowest BCUT2D eigenvalue weighted by Gasteiger charge is -2.22. The number of pyridine rings is 1. The standard InChI is InChI=1S/C31H29ClFN5O5/c1-17(39)25-14-37(26-9-4-18(31(42)43)10-24(25)26)16-28(41)38(22-6-7-22)15-27(40)36-13-20-3-8-23(29(32)30(20)33)19-2-5-21(11-34)35-12-19/h2-5,8-10,12,14,22H,6-7,11,13,15-16,34H2,1H3,(H,36,40)(H,42,43). The SMILES string of the molecule is CC(=O)c1cn(CC(=O)N(CC(=O)NCc2ccc(-c3ccc(CN)nc3)c(Cl)c2F)C2CC2)c2ccc(C(=O)O)cc12. The lowest BCUT2D eigenvalue weighted by molar-refractivity contribution is -0.137. The molecule has 1 aliphatic rings. The smallest absolute Gasteiger partial charge is 0.335 e. The first-order chi connectivity index (χ1) is 20.6. The molecule has 12 heteroatoms. The Labute approximate surface area is 251 Å². The van der Waals surface area contributed by atoms with Gasteiger partial charge < -0.3 is 25.6 Å². The van der Waals surface area contributed by atoms with Gasteiger partial charge >= 0.3 is 5.97 Å². The van der Waals surface area contributed by atoms with E-state index in [4.69, 9.17) is 17.3 Å². The molecule has 0 radical (unpaired) electrons. The van der Waals surface area contributed by atoms with Crippen LogP contribution in [0.15, 0.2) is 54.9 Å². The molecule has 2 aromatic heterocycles. The Bertz CT molecular complexity index is 1750. The first-order valence-corrected chi connectivity index (χ1v) is 14.0. The van der Waals surface area contributed by atoms with E-state index in [2.05, 4.69) is 10.3 Å². The number of nitrogens with two attached hydrogens (primary N) is 1. The summed E-state index contributed by atoms with van der Waals surface area (Å²) in [7, 11) is 0. The molecule has 0 aliphatic heterocycles. The van der Waals surface area contributed by atoms with E-state index in [0.29, 0.717) is 33.3 Å². The highest BCUT2D eigenvalue weighted by Crippen LogP contribution is 2.32. The first kappa shape index (κ1) is 29.9. The number of amides is 2. The molecule has 4 N–H and O–H groups in total. The number of nitrogens with one attached hydrogen (secondary N) is 1. The van der Waals surface area contributed by atoms with Crippen LogP contribution in [0.1, 0.15) is 51.7 Å². The van der Waals surface area contributed by atoms with E-state index < -0.39 is 17.7 Å². The van der Waals surface area contributed by atoms with Crippen molar-refractivity contribution in [1.82, 2.24) is 19.8 Å². The van der Waals surface area contributed by atoms with Crippen molar-refractivity contribution in [2.45, 2.75) is 45.4 Å². The third-order valence-corrected chi connectivity index (χ3v) is 7.79. The number of carboxylic acids is 1. The molecule has 2 amide bonds. The van der Waals surface area contributed by atoms with E-state index in [1.807, 2.05) is 0 Å². The number of nitrogens with zero attached hydrogens (tertiary/aromatic N) is 3. The van der Waals surface area contributed by atoms with E-state index in [0.717, 1.165) is 12.8 Å². The van der Waals surface area contributed by atoms with E-state index >= 15 is 4.39 Å². The molecule has 0 unspecified atom stereocenters. The molecule has 43 heavy (non-hydrogen) atoms. The average molecular weight is 606 g/mol. The van der Waals surface area contributed by atoms with E-state index in [-0.39, 0.29) is 60.1 Å². The molecule has 5 rings (SSSR count). The number of carbonyl (C=O) groups excluding carboxylic acids is 3. The summed E-state index contributed by atoms with van der Waals surface area (Å²) in [5.74, 6) is -2.85. The number of carbonyl (C=O) groups is 4. The van der Waals surface area contributed by atoms with E-state index in [1.54, 1.807) is 35.0 Å². The monoisotopic (exact) mass is 605 g/mol. The molecule has 1 aliphatic carbocycles. The number of hydrogen-bond acceptors (Lipinski definition) is 6. The molecule has 0 spiro atoms. The summed E-state index contributed by atoms with van der Waals surface area (Å²) in [5, 5.41) is 12.4. The normalized spacial score (nSPS) is 12.7. The number of ketones is 1. The Balaban J connectivity index is 1.26. The fourth-order valence-corrected chi connectivity index (χ4v) is 5.24. The van der Waals surface area contributed by atoms with Crippen molar-refractivity contribution in [2.75, 3.05) is 6.54 Å². The van der Waals surface area contributed by atoms with Gasteiger partial charge in [-0.3, -0.25) is 19.4 Å². The van der Waals surface area contributed by atoms with Crippen molar-refractivity contribution in [2.24, 2.45) is 5.73 Å². The first-order valence-electron chi connectivity index (χ1n) is 13.6. The fraction of sp³-hybridized carbons (Fsp3) is 0.258. The van der Waals surface area contributed by atoms with Gasteiger partial charge in [0.15, 0.2) is 5.78 Å². The maximum atomic E-state index is 15.1. The molecule has 10 nitrogen and oxygen atoms in total. The molecular weight excluding hydrogens is 577 g/mol. The topological polar surface area (TPSA) is 148 Å². The van der Waals surface area contributed by atoms with Crippen LogP contribution in [0.25, 0.3) is 22.0 Å². The minimum Gasteiger partial charge on any atom is -0.478 e. The highest BCUT2D eigenvalue weighted by molar-refractivity contribution is 6.33. The molecule has 1 saturated carbocycles. The lowest BCUT2D eigenvalue weighted by Crippen LogP contribution is -2.43. The lowest BCUT2D eigenvalue weighted by atomic mass is 10.0. The van der Waals surface area contributed by atoms with Crippen molar-refractivity contribution in [3.05, 3.63) is 88.1 Å². The molecule has 0 atom stereocenters. The van der Waals surface area contributed by atoms with Gasteiger partial charge in [0.1, 0.15) is 12.4 Å². The molecule has 0 bridgehead atoms. The number of benzene rings is 2. The molecule has 0 saturated heterocycles. The van der Waals surface area contributed by atoms with Gasteiger partial charge in [-0.1, -0.05) is 29.8 Å². The molecule has 1 fully saturated rings. The highest BCUT2D eigenvalue weighted by atomic mass is 35.5. The van der Waals surface area contributed by atoms with Crippen molar-refractivity contribution in [3.8, 4) is 11.1 Å². The summed E-state index contributed by atoms with van der Waals surface area (Å²) < 4.78 is 16.7. The number of carboxylic acid groups (broad SMARTS) is 1. The van der Waals surface area contributed by atoms with Crippen LogP contribution in [0.4, 0.5) is 4.39 Å². The van der Waals surface area contributed by atoms with E-state index in [9.17, 15) is 24.3 Å². The summed E-state index contributed by atoms with van der Waals surface area (Å²) in [6, 6.07) is 11.0. The van der Waals surface area contributed by atoms with E-state index in [1.165, 1.54) is 36.2 Å². The van der Waals surface area contributed by atoms with Crippen LogP contribution in [-0.4, -0.2) is 55.7 Å². The number of hydrogen-bond donors (Lipinski definition) is 3. The molecule has 2 aromatic carbocycles. The highest BCUT2D eigenvalue weighted by Gasteiger charge is 2.34. The second kappa shape index (κ2) is 12.3. The van der Waals surface area contributed by atoms with Crippen molar-refractivity contribution < 1.29 is 28.7 Å². The predicted molar refractivity (Wildman–Crippen MR) is 158 cm³/mol. The van der Waals surface area contributed by atoms with Gasteiger partial charge in [-0.25, -0.2) is 9.18 Å².